The predicted molar refractivity (Wildman–Crippen MR) is 130 cm³/mol. The highest BCUT2D eigenvalue weighted by Crippen LogP contribution is 2.27. The van der Waals surface area contributed by atoms with Crippen molar-refractivity contribution in [3.63, 3.8) is 0 Å². The molecule has 33 heavy (non-hydrogen) atoms. The van der Waals surface area contributed by atoms with E-state index in [1.165, 1.54) is 44.9 Å². The van der Waals surface area contributed by atoms with Gasteiger partial charge in [-0.25, -0.2) is 5.06 Å². The summed E-state index contributed by atoms with van der Waals surface area (Å²) < 4.78 is 22.5. The molecule has 1 aromatic carbocycles. The topological polar surface area (TPSA) is 119 Å². The third-order valence-electron chi connectivity index (χ3n) is 5.22. The molecule has 0 aliphatic heterocycles. The summed E-state index contributed by atoms with van der Waals surface area (Å²) in [6.45, 7) is 2.33. The number of nitrogens with two attached hydrogens (primary N) is 1. The van der Waals surface area contributed by atoms with Gasteiger partial charge in [0.1, 0.15) is 5.75 Å². The van der Waals surface area contributed by atoms with Gasteiger partial charge in [0.2, 0.25) is 8.03 Å². The van der Waals surface area contributed by atoms with Crippen LogP contribution in [0.3, 0.4) is 0 Å². The first-order chi connectivity index (χ1) is 15.9. The minimum atomic E-state index is -2.60. The molecule has 0 radical (unpaired) electrons. The number of esters is 1. The fourth-order valence-electron chi connectivity index (χ4n) is 3.27. The third-order valence-corrected chi connectivity index (χ3v) is 6.46. The van der Waals surface area contributed by atoms with Crippen molar-refractivity contribution in [2.75, 3.05) is 19.3 Å². The highest BCUT2D eigenvalue weighted by Gasteiger charge is 2.23. The van der Waals surface area contributed by atoms with Gasteiger partial charge in [0, 0.05) is 0 Å². The molecule has 1 rings (SSSR count). The number of hydrogen-bond donors (Lipinski definition) is 2. The van der Waals surface area contributed by atoms with Crippen LogP contribution in [0.15, 0.2) is 30.3 Å². The van der Waals surface area contributed by atoms with E-state index < -0.39 is 25.9 Å². The van der Waals surface area contributed by atoms with Crippen LogP contribution in [0.25, 0.3) is 0 Å². The molecule has 0 aliphatic carbocycles. The molecule has 3 N–H and O–H groups in total. The Hall–Kier alpha value is -1.89. The number of carbonyl (C=O) groups excluding carboxylic acids is 2. The fraction of sp³-hybridized carbons (Fsp3) is 0.667. The number of nitrogens with zero attached hydrogens (tertiary/aromatic N) is 1. The zero-order valence-corrected chi connectivity index (χ0v) is 20.9. The fourth-order valence-corrected chi connectivity index (χ4v) is 4.29. The Morgan fingerprint density at radius 2 is 1.58 bits per heavy atom. The quantitative estimate of drug-likeness (QED) is 0.0938. The van der Waals surface area contributed by atoms with E-state index in [1.54, 1.807) is 30.3 Å². The predicted octanol–water partition coefficient (Wildman–Crippen LogP) is 4.94. The summed E-state index contributed by atoms with van der Waals surface area (Å²) in [7, 11) is -2.60. The number of hydroxylamine groups is 2. The Morgan fingerprint density at radius 3 is 2.18 bits per heavy atom. The van der Waals surface area contributed by atoms with Crippen molar-refractivity contribution in [1.29, 1.82) is 0 Å². The second-order valence-electron chi connectivity index (χ2n) is 8.21. The number of ether oxygens (including phenoxy) is 1. The Bertz CT molecular complexity index is 689. The highest BCUT2D eigenvalue weighted by atomic mass is 31.1. The van der Waals surface area contributed by atoms with Crippen LogP contribution in [0.2, 0.25) is 0 Å². The zero-order chi connectivity index (χ0) is 24.3. The summed E-state index contributed by atoms with van der Waals surface area (Å²) >= 11 is 0. The molecular weight excluding hydrogens is 443 g/mol. The van der Waals surface area contributed by atoms with E-state index in [4.69, 9.17) is 15.0 Å². The van der Waals surface area contributed by atoms with Crippen LogP contribution < -0.4 is 10.3 Å². The first kappa shape index (κ1) is 29.1. The van der Waals surface area contributed by atoms with E-state index in [2.05, 4.69) is 6.92 Å². The molecule has 2 atom stereocenters. The standard InChI is InChI=1S/C24H41N2O6P/c1-2-3-4-5-6-7-8-9-10-14-19-31-23(27)17-18-26(29)24(28)22(25)20-33(30)32-21-15-12-11-13-16-21/h11-13,15-16,22,29,33H,2-10,14,17-20,25H2,1H3/t22-/m1/s1. The Kier molecular flexibility index (Phi) is 16.4. The highest BCUT2D eigenvalue weighted by molar-refractivity contribution is 7.39. The molecule has 0 saturated carbocycles. The van der Waals surface area contributed by atoms with Gasteiger partial charge in [-0.1, -0.05) is 82.9 Å². The summed E-state index contributed by atoms with van der Waals surface area (Å²) in [6.07, 6.45) is 11.6. The van der Waals surface area contributed by atoms with Crippen molar-refractivity contribution < 1.29 is 28.6 Å². The van der Waals surface area contributed by atoms with Crippen molar-refractivity contribution in [3.05, 3.63) is 30.3 Å². The lowest BCUT2D eigenvalue weighted by atomic mass is 10.1. The molecule has 0 bridgehead atoms. The van der Waals surface area contributed by atoms with Crippen LogP contribution in [-0.4, -0.2) is 47.5 Å². The maximum absolute atomic E-state index is 12.1. The van der Waals surface area contributed by atoms with E-state index in [9.17, 15) is 19.4 Å². The molecule has 1 amide bonds. The molecule has 0 aromatic heterocycles. The first-order valence-electron chi connectivity index (χ1n) is 12.1. The normalized spacial score (nSPS) is 12.7. The van der Waals surface area contributed by atoms with Crippen LogP contribution in [0.1, 0.15) is 77.6 Å². The lowest BCUT2D eigenvalue weighted by Gasteiger charge is -2.19. The van der Waals surface area contributed by atoms with Crippen molar-refractivity contribution in [2.45, 2.75) is 83.6 Å². The monoisotopic (exact) mass is 484 g/mol. The number of hydrogen-bond acceptors (Lipinski definition) is 7. The first-order valence-corrected chi connectivity index (χ1v) is 13.6. The molecule has 0 aliphatic rings. The molecule has 9 heteroatoms. The Morgan fingerprint density at radius 1 is 1.00 bits per heavy atom. The Balaban J connectivity index is 2.08. The van der Waals surface area contributed by atoms with Gasteiger partial charge in [0.15, 0.2) is 0 Å². The van der Waals surface area contributed by atoms with Crippen LogP contribution in [0.4, 0.5) is 0 Å². The molecule has 0 spiro atoms. The van der Waals surface area contributed by atoms with Crippen LogP contribution in [0.5, 0.6) is 5.75 Å². The molecule has 8 nitrogen and oxygen atoms in total. The van der Waals surface area contributed by atoms with Crippen molar-refractivity contribution in [1.82, 2.24) is 5.06 Å². The largest absolute Gasteiger partial charge is 0.466 e. The minimum Gasteiger partial charge on any atom is -0.466 e. The summed E-state index contributed by atoms with van der Waals surface area (Å²) in [6, 6.07) is 7.38. The summed E-state index contributed by atoms with van der Waals surface area (Å²) in [4.78, 5) is 23.9. The SMILES string of the molecule is CCCCCCCCCCCCOC(=O)CCN(O)C(=O)[C@H](N)C[PH](=O)Oc1ccccc1. The van der Waals surface area contributed by atoms with Gasteiger partial charge in [-0.15, -0.1) is 0 Å². The van der Waals surface area contributed by atoms with E-state index >= 15 is 0 Å². The molecule has 0 heterocycles. The lowest BCUT2D eigenvalue weighted by Crippen LogP contribution is -2.44. The number of carbonyl (C=O) groups is 2. The third kappa shape index (κ3) is 14.8. The van der Waals surface area contributed by atoms with Crippen molar-refractivity contribution in [3.8, 4) is 5.75 Å². The molecular formula is C24H41N2O6P. The van der Waals surface area contributed by atoms with E-state index in [1.807, 2.05) is 0 Å². The number of rotatable bonds is 19. The molecule has 188 valence electrons. The number of unbranched alkanes of at least 4 members (excludes halogenated alkanes) is 9. The molecule has 1 unspecified atom stereocenters. The van der Waals surface area contributed by atoms with E-state index in [-0.39, 0.29) is 19.1 Å². The second kappa shape index (κ2) is 18.5. The van der Waals surface area contributed by atoms with Gasteiger partial charge in [-0.3, -0.25) is 19.4 Å². The van der Waals surface area contributed by atoms with E-state index in [0.717, 1.165) is 19.3 Å². The maximum atomic E-state index is 12.1. The van der Waals surface area contributed by atoms with Gasteiger partial charge >= 0.3 is 5.97 Å². The van der Waals surface area contributed by atoms with Gasteiger partial charge in [0.25, 0.3) is 5.91 Å². The number of amides is 1. The summed E-state index contributed by atoms with van der Waals surface area (Å²) in [5, 5.41) is 10.2. The molecule has 1 aromatic rings. The average Bonchev–Trinajstić information content (AvgIpc) is 2.81. The molecule has 0 fully saturated rings. The smallest absolute Gasteiger partial charge is 0.307 e. The van der Waals surface area contributed by atoms with Crippen molar-refractivity contribution >= 4 is 19.9 Å². The zero-order valence-electron chi connectivity index (χ0n) is 19.9. The maximum Gasteiger partial charge on any atom is 0.307 e. The number of benzene rings is 1. The Labute approximate surface area is 198 Å². The minimum absolute atomic E-state index is 0.136. The van der Waals surface area contributed by atoms with Crippen molar-refractivity contribution in [2.24, 2.45) is 5.73 Å². The van der Waals surface area contributed by atoms with Crippen LogP contribution in [0, 0.1) is 0 Å². The van der Waals surface area contributed by atoms with Gasteiger partial charge in [-0.2, -0.15) is 0 Å². The summed E-state index contributed by atoms with van der Waals surface area (Å²) in [5.74, 6) is -0.869. The van der Waals surface area contributed by atoms with Gasteiger partial charge < -0.3 is 15.0 Å². The van der Waals surface area contributed by atoms with E-state index in [0.29, 0.717) is 17.4 Å². The second-order valence-corrected chi connectivity index (χ2v) is 9.57. The van der Waals surface area contributed by atoms with Crippen LogP contribution >= 0.6 is 8.03 Å². The van der Waals surface area contributed by atoms with Gasteiger partial charge in [-0.05, 0) is 18.6 Å². The average molecular weight is 485 g/mol. The van der Waals surface area contributed by atoms with Gasteiger partial charge in [0.05, 0.1) is 31.8 Å². The summed E-state index contributed by atoms with van der Waals surface area (Å²) in [5.41, 5.74) is 5.74. The number of para-hydroxylation sites is 1. The van der Waals surface area contributed by atoms with Crippen LogP contribution in [-0.2, 0) is 18.9 Å². The lowest BCUT2D eigenvalue weighted by molar-refractivity contribution is -0.168. The molecule has 0 saturated heterocycles.